The fourth-order valence-corrected chi connectivity index (χ4v) is 2.62. The number of benzene rings is 1. The molecular weight excluding hydrogens is 248 g/mol. The van der Waals surface area contributed by atoms with Gasteiger partial charge < -0.3 is 19.3 Å². The summed E-state index contributed by atoms with van der Waals surface area (Å²) in [6, 6.07) is 3.65. The van der Waals surface area contributed by atoms with Gasteiger partial charge in [-0.1, -0.05) is 0 Å². The average Bonchev–Trinajstić information content (AvgIpc) is 3.12. The smallest absolute Gasteiger partial charge is 0.303 e. The van der Waals surface area contributed by atoms with Crippen LogP contribution in [0.25, 0.3) is 0 Å². The van der Waals surface area contributed by atoms with Crippen molar-refractivity contribution in [3.8, 4) is 17.2 Å². The number of aliphatic carboxylic acids is 1. The zero-order valence-corrected chi connectivity index (χ0v) is 10.7. The Morgan fingerprint density at radius 3 is 2.68 bits per heavy atom. The summed E-state index contributed by atoms with van der Waals surface area (Å²) in [5, 5.41) is 9.08. The highest BCUT2D eigenvalue weighted by atomic mass is 16.7. The van der Waals surface area contributed by atoms with Crippen molar-refractivity contribution in [3.63, 3.8) is 0 Å². The van der Waals surface area contributed by atoms with Gasteiger partial charge in [-0.25, -0.2) is 0 Å². The summed E-state index contributed by atoms with van der Waals surface area (Å²) in [5.41, 5.74) is 0.914. The number of ether oxygens (including phenoxy) is 3. The lowest BCUT2D eigenvalue weighted by Crippen LogP contribution is -2.09. The van der Waals surface area contributed by atoms with Crippen LogP contribution in [0, 0.1) is 5.92 Å². The zero-order valence-electron chi connectivity index (χ0n) is 10.7. The van der Waals surface area contributed by atoms with Crippen LogP contribution >= 0.6 is 0 Å². The average molecular weight is 264 g/mol. The second-order valence-corrected chi connectivity index (χ2v) is 4.99. The molecule has 1 aromatic rings. The molecule has 102 valence electrons. The number of carbonyl (C=O) groups is 1. The number of fused-ring (bicyclic) bond motifs is 1. The molecular formula is C14H16O5. The summed E-state index contributed by atoms with van der Waals surface area (Å²) in [5.74, 6) is 1.66. The molecule has 1 aliphatic heterocycles. The van der Waals surface area contributed by atoms with E-state index in [0.29, 0.717) is 23.2 Å². The largest absolute Gasteiger partial charge is 0.496 e. The molecule has 3 rings (SSSR count). The van der Waals surface area contributed by atoms with E-state index in [0.717, 1.165) is 18.4 Å². The highest BCUT2D eigenvalue weighted by Gasteiger charge is 2.36. The van der Waals surface area contributed by atoms with Crippen LogP contribution in [0.3, 0.4) is 0 Å². The summed E-state index contributed by atoms with van der Waals surface area (Å²) in [4.78, 5) is 11.1. The molecule has 2 aliphatic rings. The molecule has 0 saturated heterocycles. The van der Waals surface area contributed by atoms with E-state index in [2.05, 4.69) is 0 Å². The van der Waals surface area contributed by atoms with Gasteiger partial charge in [-0.05, 0) is 24.8 Å². The maximum atomic E-state index is 11.1. The summed E-state index contributed by atoms with van der Waals surface area (Å²) < 4.78 is 16.1. The minimum Gasteiger partial charge on any atom is -0.496 e. The molecule has 5 nitrogen and oxygen atoms in total. The third-order valence-electron chi connectivity index (χ3n) is 3.71. The van der Waals surface area contributed by atoms with E-state index in [4.69, 9.17) is 19.3 Å². The monoisotopic (exact) mass is 264 g/mol. The molecule has 0 spiro atoms. The molecule has 1 heterocycles. The molecule has 1 fully saturated rings. The Morgan fingerprint density at radius 1 is 1.42 bits per heavy atom. The Balaban J connectivity index is 1.99. The summed E-state index contributed by atoms with van der Waals surface area (Å²) in [7, 11) is 1.59. The first-order chi connectivity index (χ1) is 9.19. The first kappa shape index (κ1) is 12.1. The van der Waals surface area contributed by atoms with Crippen LogP contribution in [0.4, 0.5) is 0 Å². The van der Waals surface area contributed by atoms with Crippen molar-refractivity contribution < 1.29 is 24.1 Å². The zero-order chi connectivity index (χ0) is 13.4. The SMILES string of the molecule is COc1cc2c(cc1C(CC(=O)O)C1CC1)OCO2. The Kier molecular flexibility index (Phi) is 2.97. The quantitative estimate of drug-likeness (QED) is 0.884. The number of hydrogen-bond acceptors (Lipinski definition) is 4. The summed E-state index contributed by atoms with van der Waals surface area (Å²) in [6.45, 7) is 0.203. The Bertz CT molecular complexity index is 507. The molecule has 1 saturated carbocycles. The normalized spacial score (nSPS) is 18.2. The lowest BCUT2D eigenvalue weighted by molar-refractivity contribution is -0.137. The molecule has 0 aromatic heterocycles. The highest BCUT2D eigenvalue weighted by Crippen LogP contribution is 2.50. The van der Waals surface area contributed by atoms with E-state index >= 15 is 0 Å². The van der Waals surface area contributed by atoms with Gasteiger partial charge in [0.1, 0.15) is 5.75 Å². The van der Waals surface area contributed by atoms with Gasteiger partial charge >= 0.3 is 5.97 Å². The first-order valence-electron chi connectivity index (χ1n) is 6.38. The maximum Gasteiger partial charge on any atom is 0.303 e. The molecule has 1 aliphatic carbocycles. The van der Waals surface area contributed by atoms with Crippen LogP contribution < -0.4 is 14.2 Å². The van der Waals surface area contributed by atoms with Crippen LogP contribution in [0.2, 0.25) is 0 Å². The molecule has 0 bridgehead atoms. The maximum absolute atomic E-state index is 11.1. The highest BCUT2D eigenvalue weighted by molar-refractivity contribution is 5.69. The van der Waals surface area contributed by atoms with Crippen LogP contribution in [0.5, 0.6) is 17.2 Å². The molecule has 1 aromatic carbocycles. The number of hydrogen-bond donors (Lipinski definition) is 1. The number of carboxylic acid groups (broad SMARTS) is 1. The predicted octanol–water partition coefficient (Wildman–Crippen LogP) is 2.39. The Labute approximate surface area is 111 Å². The third kappa shape index (κ3) is 2.32. The Morgan fingerprint density at radius 2 is 2.11 bits per heavy atom. The van der Waals surface area contributed by atoms with E-state index in [-0.39, 0.29) is 19.1 Å². The van der Waals surface area contributed by atoms with Gasteiger partial charge in [0.2, 0.25) is 6.79 Å². The fraction of sp³-hybridized carbons (Fsp3) is 0.500. The molecule has 1 N–H and O–H groups in total. The van der Waals surface area contributed by atoms with Gasteiger partial charge in [-0.15, -0.1) is 0 Å². The molecule has 1 unspecified atom stereocenters. The standard InChI is InChI=1S/C14H16O5/c1-17-11-6-13-12(18-7-19-13)4-10(11)9(5-14(15)16)8-2-3-8/h4,6,8-9H,2-3,5,7H2,1H3,(H,15,16). The van der Waals surface area contributed by atoms with Gasteiger partial charge in [0.05, 0.1) is 13.5 Å². The van der Waals surface area contributed by atoms with Gasteiger partial charge in [0, 0.05) is 17.5 Å². The fourth-order valence-electron chi connectivity index (χ4n) is 2.62. The number of carboxylic acids is 1. The van der Waals surface area contributed by atoms with Crippen molar-refractivity contribution in [1.29, 1.82) is 0 Å². The molecule has 0 radical (unpaired) electrons. The number of methoxy groups -OCH3 is 1. The van der Waals surface area contributed by atoms with E-state index in [1.807, 2.05) is 6.07 Å². The summed E-state index contributed by atoms with van der Waals surface area (Å²) in [6.07, 6.45) is 2.28. The molecule has 5 heteroatoms. The van der Waals surface area contributed by atoms with Crippen molar-refractivity contribution in [3.05, 3.63) is 17.7 Å². The van der Waals surface area contributed by atoms with Gasteiger partial charge in [-0.3, -0.25) is 4.79 Å². The molecule has 1 atom stereocenters. The van der Waals surface area contributed by atoms with Crippen LogP contribution in [-0.4, -0.2) is 25.0 Å². The van der Waals surface area contributed by atoms with Crippen LogP contribution in [0.15, 0.2) is 12.1 Å². The van der Waals surface area contributed by atoms with Crippen molar-refractivity contribution in [2.24, 2.45) is 5.92 Å². The van der Waals surface area contributed by atoms with E-state index < -0.39 is 5.97 Å². The second kappa shape index (κ2) is 4.64. The van der Waals surface area contributed by atoms with Gasteiger partial charge in [-0.2, -0.15) is 0 Å². The van der Waals surface area contributed by atoms with Crippen molar-refractivity contribution >= 4 is 5.97 Å². The number of rotatable bonds is 5. The first-order valence-corrected chi connectivity index (χ1v) is 6.38. The van der Waals surface area contributed by atoms with Crippen molar-refractivity contribution in [2.75, 3.05) is 13.9 Å². The van der Waals surface area contributed by atoms with Gasteiger partial charge in [0.15, 0.2) is 11.5 Å². The van der Waals surface area contributed by atoms with E-state index in [1.54, 1.807) is 13.2 Å². The molecule has 0 amide bonds. The summed E-state index contributed by atoms with van der Waals surface area (Å²) >= 11 is 0. The minimum absolute atomic E-state index is 0.0121. The second-order valence-electron chi connectivity index (χ2n) is 4.99. The van der Waals surface area contributed by atoms with Crippen molar-refractivity contribution in [1.82, 2.24) is 0 Å². The minimum atomic E-state index is -0.781. The van der Waals surface area contributed by atoms with Crippen molar-refractivity contribution in [2.45, 2.75) is 25.2 Å². The van der Waals surface area contributed by atoms with Crippen LogP contribution in [0.1, 0.15) is 30.7 Å². The van der Waals surface area contributed by atoms with Gasteiger partial charge in [0.25, 0.3) is 0 Å². The molecule has 19 heavy (non-hydrogen) atoms. The lowest BCUT2D eigenvalue weighted by Gasteiger charge is -2.18. The van der Waals surface area contributed by atoms with E-state index in [9.17, 15) is 4.79 Å². The lowest BCUT2D eigenvalue weighted by atomic mass is 9.90. The predicted molar refractivity (Wildman–Crippen MR) is 66.8 cm³/mol. The third-order valence-corrected chi connectivity index (χ3v) is 3.71. The topological polar surface area (TPSA) is 65.0 Å². The Hall–Kier alpha value is -1.91. The van der Waals surface area contributed by atoms with E-state index in [1.165, 1.54) is 0 Å². The van der Waals surface area contributed by atoms with Crippen LogP contribution in [-0.2, 0) is 4.79 Å².